The summed E-state index contributed by atoms with van der Waals surface area (Å²) in [5, 5.41) is 4.20. The molecule has 1 aliphatic rings. The topological polar surface area (TPSA) is 65.2 Å². The smallest absolute Gasteiger partial charge is 0.250 e. The lowest BCUT2D eigenvalue weighted by Crippen LogP contribution is -2.60. The molecule has 2 aromatic carbocycles. The first-order chi connectivity index (χ1) is 15.0. The van der Waals surface area contributed by atoms with Crippen LogP contribution in [-0.2, 0) is 16.0 Å². The molecule has 2 amide bonds. The zero-order chi connectivity index (χ0) is 21.8. The normalized spacial score (nSPS) is 15.5. The minimum atomic E-state index is -0.793. The van der Waals surface area contributed by atoms with Gasteiger partial charge in [-0.25, -0.2) is 0 Å². The molecule has 0 radical (unpaired) electrons. The van der Waals surface area contributed by atoms with E-state index < -0.39 is 5.54 Å². The van der Waals surface area contributed by atoms with Crippen LogP contribution in [0.25, 0.3) is 10.9 Å². The number of anilines is 1. The lowest BCUT2D eigenvalue weighted by Gasteiger charge is -2.45. The fraction of sp³-hybridized carbons (Fsp3) is 0.385. The Morgan fingerprint density at radius 3 is 2.48 bits per heavy atom. The van der Waals surface area contributed by atoms with E-state index in [0.29, 0.717) is 19.4 Å². The molecule has 0 bridgehead atoms. The van der Waals surface area contributed by atoms with Gasteiger partial charge in [0.25, 0.3) is 0 Å². The molecule has 0 saturated heterocycles. The Kier molecular flexibility index (Phi) is 6.12. The lowest BCUT2D eigenvalue weighted by atomic mass is 9.79. The highest BCUT2D eigenvalue weighted by atomic mass is 16.2. The summed E-state index contributed by atoms with van der Waals surface area (Å²) in [5.74, 6) is -0.0512. The van der Waals surface area contributed by atoms with Gasteiger partial charge in [-0.15, -0.1) is 0 Å². The molecule has 2 N–H and O–H groups in total. The average Bonchev–Trinajstić information content (AvgIpc) is 3.19. The quantitative estimate of drug-likeness (QED) is 0.578. The number of carbonyl (C=O) groups excluding carboxylic acids is 2. The number of aromatic nitrogens is 1. The van der Waals surface area contributed by atoms with Crippen LogP contribution in [-0.4, -0.2) is 33.8 Å². The van der Waals surface area contributed by atoms with Gasteiger partial charge >= 0.3 is 0 Å². The van der Waals surface area contributed by atoms with Gasteiger partial charge < -0.3 is 15.2 Å². The van der Waals surface area contributed by atoms with Gasteiger partial charge in [-0.3, -0.25) is 9.59 Å². The number of fused-ring (bicyclic) bond motifs is 1. The molecule has 1 heterocycles. The molecule has 5 heteroatoms. The standard InChI is InChI=1S/C26H31N3O2/c1-3-29(24(30)17-20-18-27-23-14-8-6-12-21(20)23)26(15-9-4-10-16-26)25(31)28-22-13-7-5-11-19(22)2/h5-8,11-14,18,27H,3-4,9-10,15-17H2,1-2H3,(H,28,31). The fourth-order valence-electron chi connectivity index (χ4n) is 4.96. The summed E-state index contributed by atoms with van der Waals surface area (Å²) in [6, 6.07) is 15.8. The molecule has 4 rings (SSSR count). The Morgan fingerprint density at radius 2 is 1.74 bits per heavy atom. The highest BCUT2D eigenvalue weighted by Crippen LogP contribution is 2.36. The van der Waals surface area contributed by atoms with E-state index in [2.05, 4.69) is 10.3 Å². The van der Waals surface area contributed by atoms with E-state index in [-0.39, 0.29) is 18.2 Å². The minimum absolute atomic E-state index is 0.00841. The van der Waals surface area contributed by atoms with Crippen molar-refractivity contribution in [3.63, 3.8) is 0 Å². The van der Waals surface area contributed by atoms with Crippen molar-refractivity contribution in [2.45, 2.75) is 57.9 Å². The first kappa shape index (κ1) is 21.2. The molecule has 0 aliphatic heterocycles. The number of hydrogen-bond donors (Lipinski definition) is 2. The number of benzene rings is 2. The molecule has 1 saturated carbocycles. The van der Waals surface area contributed by atoms with Crippen molar-refractivity contribution in [3.05, 3.63) is 65.9 Å². The molecule has 1 fully saturated rings. The Labute approximate surface area is 183 Å². The van der Waals surface area contributed by atoms with Gasteiger partial charge in [0, 0.05) is 29.3 Å². The number of para-hydroxylation sites is 2. The molecule has 5 nitrogen and oxygen atoms in total. The highest BCUT2D eigenvalue weighted by molar-refractivity contribution is 6.01. The molecule has 162 valence electrons. The van der Waals surface area contributed by atoms with Crippen LogP contribution in [0.5, 0.6) is 0 Å². The molecule has 0 atom stereocenters. The summed E-state index contributed by atoms with van der Waals surface area (Å²) in [5.41, 5.74) is 3.05. The molecular formula is C26H31N3O2. The number of aromatic amines is 1. The third kappa shape index (κ3) is 4.09. The van der Waals surface area contributed by atoms with E-state index in [0.717, 1.165) is 47.0 Å². The second kappa shape index (κ2) is 8.96. The predicted molar refractivity (Wildman–Crippen MR) is 125 cm³/mol. The van der Waals surface area contributed by atoms with Crippen LogP contribution < -0.4 is 5.32 Å². The number of likely N-dealkylation sites (N-methyl/N-ethyl adjacent to an activating group) is 1. The highest BCUT2D eigenvalue weighted by Gasteiger charge is 2.46. The van der Waals surface area contributed by atoms with E-state index in [4.69, 9.17) is 0 Å². The van der Waals surface area contributed by atoms with Crippen molar-refractivity contribution in [2.75, 3.05) is 11.9 Å². The summed E-state index contributed by atoms with van der Waals surface area (Å²) in [4.78, 5) is 32.3. The van der Waals surface area contributed by atoms with Gasteiger partial charge in [-0.05, 0) is 49.9 Å². The molecular weight excluding hydrogens is 386 g/mol. The first-order valence-electron chi connectivity index (χ1n) is 11.3. The van der Waals surface area contributed by atoms with E-state index in [1.54, 1.807) is 0 Å². The maximum absolute atomic E-state index is 13.7. The number of nitrogens with one attached hydrogen (secondary N) is 2. The Balaban J connectivity index is 1.62. The van der Waals surface area contributed by atoms with Gasteiger partial charge in [0.1, 0.15) is 5.54 Å². The molecule has 1 aliphatic carbocycles. The van der Waals surface area contributed by atoms with Gasteiger partial charge in [-0.2, -0.15) is 0 Å². The third-order valence-electron chi connectivity index (χ3n) is 6.65. The Bertz CT molecular complexity index is 1080. The third-order valence-corrected chi connectivity index (χ3v) is 6.65. The maximum atomic E-state index is 13.7. The van der Waals surface area contributed by atoms with Crippen molar-refractivity contribution in [1.82, 2.24) is 9.88 Å². The number of carbonyl (C=O) groups is 2. The zero-order valence-corrected chi connectivity index (χ0v) is 18.4. The van der Waals surface area contributed by atoms with Crippen molar-refractivity contribution < 1.29 is 9.59 Å². The van der Waals surface area contributed by atoms with Crippen LogP contribution >= 0.6 is 0 Å². The number of aryl methyl sites for hydroxylation is 1. The zero-order valence-electron chi connectivity index (χ0n) is 18.4. The number of hydrogen-bond acceptors (Lipinski definition) is 2. The molecule has 0 unspecified atom stereocenters. The summed E-state index contributed by atoms with van der Waals surface area (Å²) < 4.78 is 0. The summed E-state index contributed by atoms with van der Waals surface area (Å²) >= 11 is 0. The largest absolute Gasteiger partial charge is 0.361 e. The number of rotatable bonds is 6. The average molecular weight is 418 g/mol. The lowest BCUT2D eigenvalue weighted by molar-refractivity contribution is -0.147. The summed E-state index contributed by atoms with van der Waals surface area (Å²) in [6.07, 6.45) is 6.63. The van der Waals surface area contributed by atoms with E-state index in [9.17, 15) is 9.59 Å². The fourth-order valence-corrected chi connectivity index (χ4v) is 4.96. The summed E-state index contributed by atoms with van der Waals surface area (Å²) in [7, 11) is 0. The SMILES string of the molecule is CCN(C(=O)Cc1c[nH]c2ccccc12)C1(C(=O)Nc2ccccc2C)CCCCC1. The van der Waals surface area contributed by atoms with Gasteiger partial charge in [0.15, 0.2) is 0 Å². The van der Waals surface area contributed by atoms with Gasteiger partial charge in [0.05, 0.1) is 6.42 Å². The molecule has 0 spiro atoms. The van der Waals surface area contributed by atoms with Crippen LogP contribution in [0.3, 0.4) is 0 Å². The van der Waals surface area contributed by atoms with Crippen LogP contribution in [0, 0.1) is 6.92 Å². The second-order valence-corrected chi connectivity index (χ2v) is 8.54. The van der Waals surface area contributed by atoms with E-state index in [1.165, 1.54) is 0 Å². The van der Waals surface area contributed by atoms with Crippen LogP contribution in [0.1, 0.15) is 50.2 Å². The first-order valence-corrected chi connectivity index (χ1v) is 11.3. The van der Waals surface area contributed by atoms with Crippen molar-refractivity contribution in [1.29, 1.82) is 0 Å². The maximum Gasteiger partial charge on any atom is 0.250 e. The van der Waals surface area contributed by atoms with Crippen molar-refractivity contribution in [3.8, 4) is 0 Å². The Hall–Kier alpha value is -3.08. The van der Waals surface area contributed by atoms with Crippen molar-refractivity contribution >= 4 is 28.4 Å². The Morgan fingerprint density at radius 1 is 1.03 bits per heavy atom. The van der Waals surface area contributed by atoms with E-state index in [1.807, 2.05) is 73.5 Å². The minimum Gasteiger partial charge on any atom is -0.361 e. The van der Waals surface area contributed by atoms with Crippen LogP contribution in [0.4, 0.5) is 5.69 Å². The van der Waals surface area contributed by atoms with Crippen LogP contribution in [0.15, 0.2) is 54.7 Å². The second-order valence-electron chi connectivity index (χ2n) is 8.54. The van der Waals surface area contributed by atoms with Crippen LogP contribution in [0.2, 0.25) is 0 Å². The van der Waals surface area contributed by atoms with E-state index >= 15 is 0 Å². The number of nitrogens with zero attached hydrogens (tertiary/aromatic N) is 1. The molecule has 31 heavy (non-hydrogen) atoms. The predicted octanol–water partition coefficient (Wildman–Crippen LogP) is 5.21. The molecule has 3 aromatic rings. The number of amides is 2. The summed E-state index contributed by atoms with van der Waals surface area (Å²) in [6.45, 7) is 4.48. The van der Waals surface area contributed by atoms with Gasteiger partial charge in [0.2, 0.25) is 11.8 Å². The van der Waals surface area contributed by atoms with Crippen molar-refractivity contribution in [2.24, 2.45) is 0 Å². The van der Waals surface area contributed by atoms with Gasteiger partial charge in [-0.1, -0.05) is 55.7 Å². The monoisotopic (exact) mass is 417 g/mol. The number of H-pyrrole nitrogens is 1. The molecule has 1 aromatic heterocycles.